The van der Waals surface area contributed by atoms with Crippen molar-refractivity contribution in [1.82, 2.24) is 5.32 Å². The van der Waals surface area contributed by atoms with Gasteiger partial charge in [0, 0.05) is 6.04 Å². The quantitative estimate of drug-likeness (QED) is 0.794. The molecule has 0 aliphatic rings. The van der Waals surface area contributed by atoms with E-state index in [9.17, 15) is 4.79 Å². The number of benzene rings is 1. The summed E-state index contributed by atoms with van der Waals surface area (Å²) in [6.07, 6.45) is -0.376. The third-order valence-corrected chi connectivity index (χ3v) is 2.10. The second-order valence-electron chi connectivity index (χ2n) is 3.52. The zero-order chi connectivity index (χ0) is 11.3. The molecule has 0 fully saturated rings. The Morgan fingerprint density at radius 2 is 2.07 bits per heavy atom. The van der Waals surface area contributed by atoms with Crippen LogP contribution in [0.15, 0.2) is 36.9 Å². The van der Waals surface area contributed by atoms with E-state index in [4.69, 9.17) is 5.11 Å². The summed E-state index contributed by atoms with van der Waals surface area (Å²) in [5.74, 6) is 0. The topological polar surface area (TPSA) is 49.3 Å². The Hall–Kier alpha value is -1.77. The summed E-state index contributed by atoms with van der Waals surface area (Å²) in [7, 11) is 0. The van der Waals surface area contributed by atoms with E-state index in [0.29, 0.717) is 6.42 Å². The molecule has 0 saturated carbocycles. The van der Waals surface area contributed by atoms with Gasteiger partial charge in [0.05, 0.1) is 0 Å². The molecule has 1 rings (SSSR count). The molecule has 2 N–H and O–H groups in total. The fourth-order valence-electron chi connectivity index (χ4n) is 1.42. The minimum atomic E-state index is -0.997. The van der Waals surface area contributed by atoms with E-state index < -0.39 is 6.09 Å². The van der Waals surface area contributed by atoms with Gasteiger partial charge in [-0.05, 0) is 24.5 Å². The second kappa shape index (κ2) is 5.20. The fourth-order valence-corrected chi connectivity index (χ4v) is 1.42. The summed E-state index contributed by atoms with van der Waals surface area (Å²) >= 11 is 0. The molecule has 0 heterocycles. The molecule has 0 saturated heterocycles. The highest BCUT2D eigenvalue weighted by Gasteiger charge is 2.07. The van der Waals surface area contributed by atoms with Crippen LogP contribution in [0.4, 0.5) is 4.79 Å². The van der Waals surface area contributed by atoms with Crippen LogP contribution in [0.1, 0.15) is 18.9 Å². The highest BCUT2D eigenvalue weighted by Crippen LogP contribution is 2.16. The molecule has 15 heavy (non-hydrogen) atoms. The molecule has 0 aromatic heterocycles. The number of carboxylic acid groups (broad SMARTS) is 1. The van der Waals surface area contributed by atoms with E-state index in [1.807, 2.05) is 37.3 Å². The molecule has 3 heteroatoms. The third-order valence-electron chi connectivity index (χ3n) is 2.10. The van der Waals surface area contributed by atoms with Crippen LogP contribution in [-0.4, -0.2) is 17.2 Å². The summed E-state index contributed by atoms with van der Waals surface area (Å²) in [6, 6.07) is 9.64. The van der Waals surface area contributed by atoms with E-state index in [-0.39, 0.29) is 6.04 Å². The van der Waals surface area contributed by atoms with Crippen LogP contribution in [0.5, 0.6) is 0 Å². The Labute approximate surface area is 89.4 Å². The van der Waals surface area contributed by atoms with E-state index >= 15 is 0 Å². The van der Waals surface area contributed by atoms with E-state index in [2.05, 4.69) is 11.9 Å². The van der Waals surface area contributed by atoms with E-state index in [0.717, 1.165) is 11.1 Å². The Morgan fingerprint density at radius 1 is 1.47 bits per heavy atom. The van der Waals surface area contributed by atoms with Gasteiger partial charge in [0.25, 0.3) is 0 Å². The average molecular weight is 205 g/mol. The SMILES string of the molecule is C=C(CC(C)NC(=O)O)c1ccccc1. The van der Waals surface area contributed by atoms with Crippen LogP contribution in [0.3, 0.4) is 0 Å². The van der Waals surface area contributed by atoms with Gasteiger partial charge in [-0.25, -0.2) is 4.79 Å². The van der Waals surface area contributed by atoms with Crippen molar-refractivity contribution < 1.29 is 9.90 Å². The first-order valence-corrected chi connectivity index (χ1v) is 4.82. The van der Waals surface area contributed by atoms with E-state index in [1.165, 1.54) is 0 Å². The first-order chi connectivity index (χ1) is 7.09. The lowest BCUT2D eigenvalue weighted by Gasteiger charge is -2.13. The maximum Gasteiger partial charge on any atom is 0.404 e. The molecule has 0 radical (unpaired) electrons. The fraction of sp³-hybridized carbons (Fsp3) is 0.250. The van der Waals surface area contributed by atoms with Crippen LogP contribution < -0.4 is 5.32 Å². The summed E-state index contributed by atoms with van der Waals surface area (Å²) in [5, 5.41) is 10.9. The van der Waals surface area contributed by atoms with Gasteiger partial charge >= 0.3 is 6.09 Å². The number of amides is 1. The first kappa shape index (κ1) is 11.3. The molecule has 1 aromatic carbocycles. The summed E-state index contributed by atoms with van der Waals surface area (Å²) in [6.45, 7) is 5.76. The molecule has 1 amide bonds. The zero-order valence-electron chi connectivity index (χ0n) is 8.73. The molecule has 3 nitrogen and oxygen atoms in total. The predicted molar refractivity (Wildman–Crippen MR) is 60.7 cm³/mol. The normalized spacial score (nSPS) is 11.8. The van der Waals surface area contributed by atoms with Crippen LogP contribution >= 0.6 is 0 Å². The Balaban J connectivity index is 2.53. The maximum atomic E-state index is 10.4. The van der Waals surface area contributed by atoms with Crippen molar-refractivity contribution in [3.8, 4) is 0 Å². The summed E-state index contributed by atoms with van der Waals surface area (Å²) < 4.78 is 0. The van der Waals surface area contributed by atoms with Gasteiger partial charge in [-0.3, -0.25) is 0 Å². The van der Waals surface area contributed by atoms with Gasteiger partial charge in [0.2, 0.25) is 0 Å². The molecule has 0 aliphatic carbocycles. The van der Waals surface area contributed by atoms with Crippen LogP contribution in [0.2, 0.25) is 0 Å². The molecular weight excluding hydrogens is 190 g/mol. The van der Waals surface area contributed by atoms with Crippen LogP contribution in [0, 0.1) is 0 Å². The van der Waals surface area contributed by atoms with Crippen molar-refractivity contribution in [2.24, 2.45) is 0 Å². The molecule has 80 valence electrons. The molecule has 0 bridgehead atoms. The lowest BCUT2D eigenvalue weighted by atomic mass is 10.0. The molecule has 0 spiro atoms. The lowest BCUT2D eigenvalue weighted by Crippen LogP contribution is -2.30. The number of hydrogen-bond acceptors (Lipinski definition) is 1. The van der Waals surface area contributed by atoms with Crippen molar-refractivity contribution >= 4 is 11.7 Å². The second-order valence-corrected chi connectivity index (χ2v) is 3.52. The van der Waals surface area contributed by atoms with Crippen molar-refractivity contribution in [2.75, 3.05) is 0 Å². The molecular formula is C12H15NO2. The third kappa shape index (κ3) is 3.85. The first-order valence-electron chi connectivity index (χ1n) is 4.82. The van der Waals surface area contributed by atoms with Crippen molar-refractivity contribution in [2.45, 2.75) is 19.4 Å². The standard InChI is InChI=1S/C12H15NO2/c1-9(8-10(2)13-12(14)15)11-6-4-3-5-7-11/h3-7,10,13H,1,8H2,2H3,(H,14,15). The van der Waals surface area contributed by atoms with Crippen molar-refractivity contribution in [3.63, 3.8) is 0 Å². The van der Waals surface area contributed by atoms with Gasteiger partial charge in [-0.2, -0.15) is 0 Å². The number of nitrogens with one attached hydrogen (secondary N) is 1. The largest absolute Gasteiger partial charge is 0.465 e. The van der Waals surface area contributed by atoms with Gasteiger partial charge in [-0.1, -0.05) is 36.9 Å². The maximum absolute atomic E-state index is 10.4. The van der Waals surface area contributed by atoms with Crippen molar-refractivity contribution in [3.05, 3.63) is 42.5 Å². The molecule has 0 aliphatic heterocycles. The van der Waals surface area contributed by atoms with Crippen LogP contribution in [0.25, 0.3) is 5.57 Å². The number of carbonyl (C=O) groups is 1. The van der Waals surface area contributed by atoms with E-state index in [1.54, 1.807) is 0 Å². The minimum Gasteiger partial charge on any atom is -0.465 e. The predicted octanol–water partition coefficient (Wildman–Crippen LogP) is 2.75. The Bertz CT molecular complexity index is 346. The van der Waals surface area contributed by atoms with Gasteiger partial charge in [0.1, 0.15) is 0 Å². The van der Waals surface area contributed by atoms with Gasteiger partial charge in [-0.15, -0.1) is 0 Å². The zero-order valence-corrected chi connectivity index (χ0v) is 8.73. The van der Waals surface area contributed by atoms with Crippen molar-refractivity contribution in [1.29, 1.82) is 0 Å². The van der Waals surface area contributed by atoms with Crippen LogP contribution in [-0.2, 0) is 0 Å². The summed E-state index contributed by atoms with van der Waals surface area (Å²) in [4.78, 5) is 10.4. The number of rotatable bonds is 4. The number of hydrogen-bond donors (Lipinski definition) is 2. The lowest BCUT2D eigenvalue weighted by molar-refractivity contribution is 0.191. The summed E-state index contributed by atoms with van der Waals surface area (Å²) in [5.41, 5.74) is 1.99. The highest BCUT2D eigenvalue weighted by atomic mass is 16.4. The Kier molecular flexibility index (Phi) is 3.92. The van der Waals surface area contributed by atoms with Gasteiger partial charge < -0.3 is 10.4 Å². The highest BCUT2D eigenvalue weighted by molar-refractivity contribution is 5.67. The Morgan fingerprint density at radius 3 is 2.60 bits per heavy atom. The van der Waals surface area contributed by atoms with Gasteiger partial charge in [0.15, 0.2) is 0 Å². The average Bonchev–Trinajstić information content (AvgIpc) is 2.17. The minimum absolute atomic E-state index is 0.116. The molecule has 1 unspecified atom stereocenters. The molecule has 1 atom stereocenters. The smallest absolute Gasteiger partial charge is 0.404 e. The monoisotopic (exact) mass is 205 g/mol. The molecule has 1 aromatic rings.